The third-order valence-electron chi connectivity index (χ3n) is 4.99. The second kappa shape index (κ2) is 6.64. The maximum absolute atomic E-state index is 9.44. The molecule has 0 saturated heterocycles. The summed E-state index contributed by atoms with van der Waals surface area (Å²) in [5.41, 5.74) is 3.90. The summed E-state index contributed by atoms with van der Waals surface area (Å²) in [7, 11) is 1.67. The van der Waals surface area contributed by atoms with E-state index in [4.69, 9.17) is 4.74 Å². The number of methoxy groups -OCH3 is 1. The second-order valence-electron chi connectivity index (χ2n) is 6.74. The molecule has 5 heteroatoms. The number of ether oxygens (including phenoxy) is 1. The number of fused-ring (bicyclic) bond motifs is 1. The van der Waals surface area contributed by atoms with Gasteiger partial charge in [-0.1, -0.05) is 24.3 Å². The molecule has 0 amide bonds. The fraction of sp³-hybridized carbons (Fsp3) is 0.286. The minimum Gasteiger partial charge on any atom is -0.496 e. The van der Waals surface area contributed by atoms with Gasteiger partial charge in [0.05, 0.1) is 18.3 Å². The van der Waals surface area contributed by atoms with Gasteiger partial charge in [0.15, 0.2) is 5.69 Å². The number of anilines is 1. The summed E-state index contributed by atoms with van der Waals surface area (Å²) in [5.74, 6) is 1.49. The molecule has 0 unspecified atom stereocenters. The minimum absolute atomic E-state index is 0.323. The van der Waals surface area contributed by atoms with E-state index in [2.05, 4.69) is 28.5 Å². The Morgan fingerprint density at radius 1 is 1.19 bits per heavy atom. The van der Waals surface area contributed by atoms with Crippen LogP contribution < -0.4 is 10.1 Å². The zero-order valence-electron chi connectivity index (χ0n) is 14.9. The van der Waals surface area contributed by atoms with Crippen molar-refractivity contribution < 1.29 is 4.74 Å². The van der Waals surface area contributed by atoms with Crippen molar-refractivity contribution in [2.45, 2.75) is 25.8 Å². The Hall–Kier alpha value is -3.13. The summed E-state index contributed by atoms with van der Waals surface area (Å²) in [6.07, 6.45) is 2.48. The largest absolute Gasteiger partial charge is 0.496 e. The van der Waals surface area contributed by atoms with E-state index >= 15 is 0 Å². The highest BCUT2D eigenvalue weighted by molar-refractivity contribution is 5.95. The Bertz CT molecular complexity index is 1000. The molecule has 0 spiro atoms. The zero-order chi connectivity index (χ0) is 18.1. The lowest BCUT2D eigenvalue weighted by Gasteiger charge is -2.17. The van der Waals surface area contributed by atoms with Gasteiger partial charge in [-0.3, -0.25) is 0 Å². The van der Waals surface area contributed by atoms with Crippen molar-refractivity contribution in [3.05, 3.63) is 48.2 Å². The maximum atomic E-state index is 9.44. The number of hydrogen-bond acceptors (Lipinski definition) is 5. The molecule has 1 saturated carbocycles. The zero-order valence-corrected chi connectivity index (χ0v) is 14.9. The average molecular weight is 344 g/mol. The highest BCUT2D eigenvalue weighted by Gasteiger charge is 2.29. The number of nitrogens with one attached hydrogen (secondary N) is 1. The lowest BCUT2D eigenvalue weighted by Crippen LogP contribution is -2.19. The van der Waals surface area contributed by atoms with Gasteiger partial charge in [-0.25, -0.2) is 0 Å². The standard InChI is InChI=1S/C21H20N4O/c1-13(14-7-8-14)23-21-17-10-9-15(11-18(17)24-25-19(21)12-22)16-5-3-4-6-20(16)26-2/h3-6,9-11,13-14H,7-8H2,1-2H3,(H,23,24)/t13-/m1/s1. The summed E-state index contributed by atoms with van der Waals surface area (Å²) in [4.78, 5) is 0. The van der Waals surface area contributed by atoms with Crippen LogP contribution in [0.1, 0.15) is 25.5 Å². The number of para-hydroxylation sites is 1. The molecule has 0 aliphatic heterocycles. The van der Waals surface area contributed by atoms with E-state index in [1.165, 1.54) is 12.8 Å². The summed E-state index contributed by atoms with van der Waals surface area (Å²) in [6, 6.07) is 16.4. The number of hydrogen-bond donors (Lipinski definition) is 1. The molecule has 1 fully saturated rings. The average Bonchev–Trinajstić information content (AvgIpc) is 3.53. The van der Waals surface area contributed by atoms with E-state index in [1.54, 1.807) is 7.11 Å². The Morgan fingerprint density at radius 3 is 2.73 bits per heavy atom. The normalized spacial score (nSPS) is 14.7. The molecule has 0 bridgehead atoms. The molecule has 1 heterocycles. The molecule has 1 aromatic heterocycles. The maximum Gasteiger partial charge on any atom is 0.186 e. The predicted molar refractivity (Wildman–Crippen MR) is 102 cm³/mol. The molecule has 5 nitrogen and oxygen atoms in total. The van der Waals surface area contributed by atoms with Crippen LogP contribution in [0.3, 0.4) is 0 Å². The first kappa shape index (κ1) is 16.3. The second-order valence-corrected chi connectivity index (χ2v) is 6.74. The molecular formula is C21H20N4O. The van der Waals surface area contributed by atoms with Crippen molar-refractivity contribution in [1.29, 1.82) is 5.26 Å². The Balaban J connectivity index is 1.81. The van der Waals surface area contributed by atoms with Gasteiger partial charge in [-0.2, -0.15) is 5.26 Å². The van der Waals surface area contributed by atoms with Crippen molar-refractivity contribution in [3.8, 4) is 22.9 Å². The van der Waals surface area contributed by atoms with Crippen LogP contribution in [0.15, 0.2) is 42.5 Å². The molecule has 4 rings (SSSR count). The third-order valence-corrected chi connectivity index (χ3v) is 4.99. The fourth-order valence-corrected chi connectivity index (χ4v) is 3.32. The molecule has 0 radical (unpaired) electrons. The van der Waals surface area contributed by atoms with Gasteiger partial charge in [0, 0.05) is 17.0 Å². The lowest BCUT2D eigenvalue weighted by molar-refractivity contribution is 0.416. The molecule has 130 valence electrons. The van der Waals surface area contributed by atoms with E-state index in [-0.39, 0.29) is 0 Å². The molecule has 3 aromatic rings. The first-order chi connectivity index (χ1) is 12.7. The number of nitrogens with zero attached hydrogens (tertiary/aromatic N) is 3. The van der Waals surface area contributed by atoms with Gasteiger partial charge in [0.25, 0.3) is 0 Å². The van der Waals surface area contributed by atoms with Crippen molar-refractivity contribution >= 4 is 16.6 Å². The van der Waals surface area contributed by atoms with E-state index in [1.807, 2.05) is 42.5 Å². The number of rotatable bonds is 5. The molecule has 2 aromatic carbocycles. The molecule has 1 N–H and O–H groups in total. The van der Waals surface area contributed by atoms with Crippen LogP contribution in [0.25, 0.3) is 22.0 Å². The van der Waals surface area contributed by atoms with Gasteiger partial charge >= 0.3 is 0 Å². The van der Waals surface area contributed by atoms with E-state index in [0.717, 1.165) is 33.5 Å². The first-order valence-corrected chi connectivity index (χ1v) is 8.81. The smallest absolute Gasteiger partial charge is 0.186 e. The van der Waals surface area contributed by atoms with E-state index in [0.29, 0.717) is 17.7 Å². The van der Waals surface area contributed by atoms with Crippen molar-refractivity contribution in [3.63, 3.8) is 0 Å². The predicted octanol–water partition coefficient (Wildman–Crippen LogP) is 4.39. The SMILES string of the molecule is COc1ccccc1-c1ccc2c(N[C@H](C)C3CC3)c(C#N)nnc2c1. The van der Waals surface area contributed by atoms with Crippen LogP contribution in [0.4, 0.5) is 5.69 Å². The quantitative estimate of drug-likeness (QED) is 0.743. The monoisotopic (exact) mass is 344 g/mol. The van der Waals surface area contributed by atoms with E-state index < -0.39 is 0 Å². The molecular weight excluding hydrogens is 324 g/mol. The summed E-state index contributed by atoms with van der Waals surface area (Å²) in [6.45, 7) is 2.16. The fourth-order valence-electron chi connectivity index (χ4n) is 3.32. The van der Waals surface area contributed by atoms with Crippen molar-refractivity contribution in [2.75, 3.05) is 12.4 Å². The first-order valence-electron chi connectivity index (χ1n) is 8.81. The van der Waals surface area contributed by atoms with Crippen molar-refractivity contribution in [2.24, 2.45) is 5.92 Å². The van der Waals surface area contributed by atoms with Crippen LogP contribution >= 0.6 is 0 Å². The molecule has 26 heavy (non-hydrogen) atoms. The summed E-state index contributed by atoms with van der Waals surface area (Å²) >= 11 is 0. The van der Waals surface area contributed by atoms with Crippen molar-refractivity contribution in [1.82, 2.24) is 10.2 Å². The number of benzene rings is 2. The number of nitriles is 1. The minimum atomic E-state index is 0.323. The molecule has 1 atom stereocenters. The third kappa shape index (κ3) is 2.95. The highest BCUT2D eigenvalue weighted by Crippen LogP contribution is 2.37. The van der Waals surface area contributed by atoms with Gasteiger partial charge in [-0.05, 0) is 49.4 Å². The van der Waals surface area contributed by atoms with Gasteiger partial charge in [0.1, 0.15) is 11.8 Å². The Kier molecular flexibility index (Phi) is 4.18. The van der Waals surface area contributed by atoms with Crippen LogP contribution in [-0.4, -0.2) is 23.3 Å². The lowest BCUT2D eigenvalue weighted by atomic mass is 10.0. The van der Waals surface area contributed by atoms with Crippen LogP contribution in [-0.2, 0) is 0 Å². The molecule has 1 aliphatic carbocycles. The van der Waals surface area contributed by atoms with Crippen LogP contribution in [0.5, 0.6) is 5.75 Å². The summed E-state index contributed by atoms with van der Waals surface area (Å²) in [5, 5.41) is 22.3. The van der Waals surface area contributed by atoms with Crippen LogP contribution in [0.2, 0.25) is 0 Å². The van der Waals surface area contributed by atoms with Crippen LogP contribution in [0, 0.1) is 17.2 Å². The Morgan fingerprint density at radius 2 is 2.00 bits per heavy atom. The van der Waals surface area contributed by atoms with E-state index in [9.17, 15) is 5.26 Å². The summed E-state index contributed by atoms with van der Waals surface area (Å²) < 4.78 is 5.47. The molecule has 1 aliphatic rings. The highest BCUT2D eigenvalue weighted by atomic mass is 16.5. The van der Waals surface area contributed by atoms with Gasteiger partial charge in [0.2, 0.25) is 0 Å². The Labute approximate surface area is 152 Å². The van der Waals surface area contributed by atoms with Gasteiger partial charge < -0.3 is 10.1 Å². The van der Waals surface area contributed by atoms with Gasteiger partial charge in [-0.15, -0.1) is 10.2 Å². The topological polar surface area (TPSA) is 70.8 Å². The number of aromatic nitrogens is 2.